The Morgan fingerprint density at radius 3 is 2.54 bits per heavy atom. The first-order valence-corrected chi connectivity index (χ1v) is 8.26. The van der Waals surface area contributed by atoms with Crippen LogP contribution in [0.5, 0.6) is 0 Å². The van der Waals surface area contributed by atoms with Gasteiger partial charge in [-0.05, 0) is 23.3 Å². The van der Waals surface area contributed by atoms with Gasteiger partial charge in [0.05, 0.1) is 13.7 Å². The Balaban J connectivity index is 1.89. The maximum absolute atomic E-state index is 12.0. The number of carbonyl (C=O) groups is 1. The average molecular weight is 348 g/mol. The quantitative estimate of drug-likeness (QED) is 0.505. The standard InChI is InChI=1S/C20H20N4O2/c1-14-9-7-8-12-17(14)19-21-23-24(22-19)13-18(15(2)20(25)26-3)16-10-5-4-6-11-16/h4-12,18H,2,13H2,1,3H3/t18-/m1/s1. The van der Waals surface area contributed by atoms with Crippen LogP contribution in [0.1, 0.15) is 17.0 Å². The van der Waals surface area contributed by atoms with Gasteiger partial charge in [0, 0.05) is 17.1 Å². The summed E-state index contributed by atoms with van der Waals surface area (Å²) in [5.74, 6) is -0.195. The van der Waals surface area contributed by atoms with Gasteiger partial charge in [-0.1, -0.05) is 61.2 Å². The molecule has 0 spiro atoms. The van der Waals surface area contributed by atoms with Crippen molar-refractivity contribution in [1.29, 1.82) is 0 Å². The fraction of sp³-hybridized carbons (Fsp3) is 0.200. The van der Waals surface area contributed by atoms with Crippen molar-refractivity contribution in [2.24, 2.45) is 0 Å². The first kappa shape index (κ1) is 17.5. The lowest BCUT2D eigenvalue weighted by molar-refractivity contribution is -0.136. The molecule has 3 aromatic rings. The van der Waals surface area contributed by atoms with E-state index in [9.17, 15) is 4.79 Å². The fourth-order valence-corrected chi connectivity index (χ4v) is 2.79. The largest absolute Gasteiger partial charge is 0.466 e. The van der Waals surface area contributed by atoms with E-state index in [0.29, 0.717) is 17.9 Å². The molecule has 0 saturated carbocycles. The zero-order valence-electron chi connectivity index (χ0n) is 14.8. The predicted octanol–water partition coefficient (Wildman–Crippen LogP) is 3.16. The molecule has 26 heavy (non-hydrogen) atoms. The molecule has 0 aliphatic carbocycles. The van der Waals surface area contributed by atoms with Gasteiger partial charge in [0.25, 0.3) is 0 Å². The number of aromatic nitrogens is 4. The molecule has 1 aromatic heterocycles. The minimum atomic E-state index is -0.446. The lowest BCUT2D eigenvalue weighted by Crippen LogP contribution is -2.19. The van der Waals surface area contributed by atoms with E-state index in [1.807, 2.05) is 61.5 Å². The number of rotatable bonds is 6. The van der Waals surface area contributed by atoms with E-state index in [2.05, 4.69) is 22.0 Å². The SMILES string of the molecule is C=C(C(=O)OC)[C@@H](Cn1nnc(-c2ccccc2C)n1)c1ccccc1. The molecular formula is C20H20N4O2. The summed E-state index contributed by atoms with van der Waals surface area (Å²) in [4.78, 5) is 13.5. The van der Waals surface area contributed by atoms with E-state index >= 15 is 0 Å². The van der Waals surface area contributed by atoms with Crippen LogP contribution < -0.4 is 0 Å². The van der Waals surface area contributed by atoms with Crippen molar-refractivity contribution in [3.8, 4) is 11.4 Å². The molecule has 2 aromatic carbocycles. The maximum Gasteiger partial charge on any atom is 0.333 e. The molecule has 0 N–H and O–H groups in total. The van der Waals surface area contributed by atoms with Crippen LogP contribution in [-0.4, -0.2) is 33.3 Å². The highest BCUT2D eigenvalue weighted by Gasteiger charge is 2.23. The molecule has 0 saturated heterocycles. The van der Waals surface area contributed by atoms with Crippen LogP contribution in [0.3, 0.4) is 0 Å². The Kier molecular flexibility index (Phi) is 5.22. The van der Waals surface area contributed by atoms with Crippen LogP contribution in [0, 0.1) is 6.92 Å². The van der Waals surface area contributed by atoms with Gasteiger partial charge in [-0.25, -0.2) is 4.79 Å². The monoisotopic (exact) mass is 348 g/mol. The summed E-state index contributed by atoms with van der Waals surface area (Å²) in [7, 11) is 1.35. The second kappa shape index (κ2) is 7.74. The van der Waals surface area contributed by atoms with Crippen LogP contribution in [0.2, 0.25) is 0 Å². The highest BCUT2D eigenvalue weighted by molar-refractivity contribution is 5.89. The number of benzene rings is 2. The molecule has 0 amide bonds. The number of ether oxygens (including phenoxy) is 1. The van der Waals surface area contributed by atoms with E-state index in [-0.39, 0.29) is 5.92 Å². The van der Waals surface area contributed by atoms with Crippen molar-refractivity contribution in [3.05, 3.63) is 77.9 Å². The van der Waals surface area contributed by atoms with E-state index in [4.69, 9.17) is 4.74 Å². The number of tetrazole rings is 1. The maximum atomic E-state index is 12.0. The van der Waals surface area contributed by atoms with Gasteiger partial charge in [0.2, 0.25) is 5.82 Å². The molecule has 6 heteroatoms. The van der Waals surface area contributed by atoms with E-state index in [0.717, 1.165) is 16.7 Å². The summed E-state index contributed by atoms with van der Waals surface area (Å²) in [6.45, 7) is 6.26. The highest BCUT2D eigenvalue weighted by Crippen LogP contribution is 2.26. The van der Waals surface area contributed by atoms with Crippen LogP contribution in [0.4, 0.5) is 0 Å². The molecule has 132 valence electrons. The Hall–Kier alpha value is -3.28. The van der Waals surface area contributed by atoms with Crippen LogP contribution in [-0.2, 0) is 16.1 Å². The van der Waals surface area contributed by atoms with Gasteiger partial charge in [0.1, 0.15) is 0 Å². The number of methoxy groups -OCH3 is 1. The molecule has 0 unspecified atom stereocenters. The molecule has 6 nitrogen and oxygen atoms in total. The topological polar surface area (TPSA) is 69.9 Å². The van der Waals surface area contributed by atoms with Gasteiger partial charge >= 0.3 is 5.97 Å². The number of aryl methyl sites for hydroxylation is 1. The van der Waals surface area contributed by atoms with E-state index < -0.39 is 5.97 Å². The van der Waals surface area contributed by atoms with Crippen molar-refractivity contribution in [1.82, 2.24) is 20.2 Å². The van der Waals surface area contributed by atoms with Crippen molar-refractivity contribution in [3.63, 3.8) is 0 Å². The Bertz CT molecular complexity index is 918. The van der Waals surface area contributed by atoms with Gasteiger partial charge < -0.3 is 4.74 Å². The lowest BCUT2D eigenvalue weighted by atomic mass is 9.92. The normalized spacial score (nSPS) is 11.8. The summed E-state index contributed by atoms with van der Waals surface area (Å²) in [5.41, 5.74) is 3.30. The second-order valence-electron chi connectivity index (χ2n) is 5.96. The summed E-state index contributed by atoms with van der Waals surface area (Å²) >= 11 is 0. The smallest absolute Gasteiger partial charge is 0.333 e. The summed E-state index contributed by atoms with van der Waals surface area (Å²) in [6.07, 6.45) is 0. The van der Waals surface area contributed by atoms with Crippen molar-refractivity contribution >= 4 is 5.97 Å². The van der Waals surface area contributed by atoms with Crippen molar-refractivity contribution in [2.45, 2.75) is 19.4 Å². The van der Waals surface area contributed by atoms with Crippen molar-refractivity contribution < 1.29 is 9.53 Å². The van der Waals surface area contributed by atoms with Gasteiger partial charge in [-0.2, -0.15) is 4.80 Å². The molecule has 0 aliphatic rings. The van der Waals surface area contributed by atoms with Crippen LogP contribution in [0.25, 0.3) is 11.4 Å². The Labute approximate surface area is 152 Å². The van der Waals surface area contributed by atoms with Crippen molar-refractivity contribution in [2.75, 3.05) is 7.11 Å². The number of nitrogens with zero attached hydrogens (tertiary/aromatic N) is 4. The number of carbonyl (C=O) groups excluding carboxylic acids is 1. The number of esters is 1. The predicted molar refractivity (Wildman–Crippen MR) is 98.3 cm³/mol. The lowest BCUT2D eigenvalue weighted by Gasteiger charge is -2.17. The third-order valence-electron chi connectivity index (χ3n) is 4.25. The summed E-state index contributed by atoms with van der Waals surface area (Å²) in [5, 5.41) is 12.8. The first-order valence-electron chi connectivity index (χ1n) is 8.26. The number of hydrogen-bond acceptors (Lipinski definition) is 5. The molecule has 1 atom stereocenters. The second-order valence-corrected chi connectivity index (χ2v) is 5.96. The zero-order valence-corrected chi connectivity index (χ0v) is 14.8. The highest BCUT2D eigenvalue weighted by atomic mass is 16.5. The minimum absolute atomic E-state index is 0.303. The minimum Gasteiger partial charge on any atom is -0.466 e. The molecule has 1 heterocycles. The third-order valence-corrected chi connectivity index (χ3v) is 4.25. The summed E-state index contributed by atoms with van der Waals surface area (Å²) in [6, 6.07) is 17.5. The third kappa shape index (κ3) is 3.69. The molecule has 0 fully saturated rings. The number of hydrogen-bond donors (Lipinski definition) is 0. The fourth-order valence-electron chi connectivity index (χ4n) is 2.79. The van der Waals surface area contributed by atoms with E-state index in [1.54, 1.807) is 0 Å². The molecule has 3 rings (SSSR count). The molecule has 0 radical (unpaired) electrons. The van der Waals surface area contributed by atoms with Gasteiger partial charge in [-0.15, -0.1) is 10.2 Å². The Morgan fingerprint density at radius 1 is 1.15 bits per heavy atom. The van der Waals surface area contributed by atoms with Gasteiger partial charge in [0.15, 0.2) is 0 Å². The van der Waals surface area contributed by atoms with E-state index in [1.165, 1.54) is 11.9 Å². The average Bonchev–Trinajstić information content (AvgIpc) is 3.14. The van der Waals surface area contributed by atoms with Crippen LogP contribution in [0.15, 0.2) is 66.7 Å². The molecular weight excluding hydrogens is 328 g/mol. The summed E-state index contributed by atoms with van der Waals surface area (Å²) < 4.78 is 4.84. The van der Waals surface area contributed by atoms with Crippen LogP contribution >= 0.6 is 0 Å². The molecule has 0 aliphatic heterocycles. The first-order chi connectivity index (χ1) is 12.6. The zero-order chi connectivity index (χ0) is 18.5. The Morgan fingerprint density at radius 2 is 1.85 bits per heavy atom. The molecule has 0 bridgehead atoms. The van der Waals surface area contributed by atoms with Gasteiger partial charge in [-0.3, -0.25) is 0 Å².